The maximum Gasteiger partial charge on any atom is 0.139 e. The predicted octanol–water partition coefficient (Wildman–Crippen LogP) is 3.05. The Bertz CT molecular complexity index is 572. The predicted molar refractivity (Wildman–Crippen MR) is 75.5 cm³/mol. The van der Waals surface area contributed by atoms with Gasteiger partial charge in [0.15, 0.2) is 0 Å². The number of nitrogens with zero attached hydrogens (tertiary/aromatic N) is 4. The van der Waals surface area contributed by atoms with E-state index < -0.39 is 0 Å². The highest BCUT2D eigenvalue weighted by Crippen LogP contribution is 2.25. The van der Waals surface area contributed by atoms with Crippen molar-refractivity contribution in [3.63, 3.8) is 0 Å². The molecule has 0 amide bonds. The summed E-state index contributed by atoms with van der Waals surface area (Å²) in [5.74, 6) is 0.821. The first-order valence-electron chi connectivity index (χ1n) is 5.89. The molecule has 2 aromatic rings. The van der Waals surface area contributed by atoms with Gasteiger partial charge in [-0.2, -0.15) is 9.47 Å². The smallest absolute Gasteiger partial charge is 0.139 e. The summed E-state index contributed by atoms with van der Waals surface area (Å²) in [6.45, 7) is 8.41. The van der Waals surface area contributed by atoms with Crippen LogP contribution in [0.3, 0.4) is 0 Å². The first-order valence-corrected chi connectivity index (χ1v) is 6.66. The molecule has 4 nitrogen and oxygen atoms in total. The fourth-order valence-corrected chi connectivity index (χ4v) is 2.32. The summed E-state index contributed by atoms with van der Waals surface area (Å²) in [5, 5.41) is 5.46. The van der Waals surface area contributed by atoms with Gasteiger partial charge in [0.25, 0.3) is 0 Å². The minimum absolute atomic E-state index is 0.0397. The van der Waals surface area contributed by atoms with Crippen molar-refractivity contribution in [2.45, 2.75) is 33.1 Å². The second kappa shape index (κ2) is 4.65. The van der Waals surface area contributed by atoms with Crippen molar-refractivity contribution >= 4 is 23.7 Å². The molecule has 0 N–H and O–H groups in total. The molecule has 0 bridgehead atoms. The Labute approximate surface area is 112 Å². The lowest BCUT2D eigenvalue weighted by Crippen LogP contribution is -2.13. The number of rotatable bonds is 2. The van der Waals surface area contributed by atoms with Crippen LogP contribution in [0.2, 0.25) is 0 Å². The molecule has 0 fully saturated rings. The molecule has 2 rings (SSSR count). The fourth-order valence-electron chi connectivity index (χ4n) is 1.75. The van der Waals surface area contributed by atoms with Crippen molar-refractivity contribution < 1.29 is 0 Å². The molecule has 18 heavy (non-hydrogen) atoms. The van der Waals surface area contributed by atoms with Crippen molar-refractivity contribution in [1.29, 1.82) is 0 Å². The maximum absolute atomic E-state index is 4.53. The van der Waals surface area contributed by atoms with E-state index in [2.05, 4.69) is 41.3 Å². The Kier molecular flexibility index (Phi) is 3.34. The first kappa shape index (κ1) is 13.0. The van der Waals surface area contributed by atoms with Gasteiger partial charge in [-0.1, -0.05) is 20.8 Å². The third-order valence-electron chi connectivity index (χ3n) is 2.52. The van der Waals surface area contributed by atoms with Crippen molar-refractivity contribution in [2.24, 2.45) is 7.05 Å². The van der Waals surface area contributed by atoms with Gasteiger partial charge in [-0.25, -0.2) is 4.98 Å². The Morgan fingerprint density at radius 1 is 1.28 bits per heavy atom. The lowest BCUT2D eigenvalue weighted by molar-refractivity contribution is 0.552. The average molecular weight is 262 g/mol. The van der Waals surface area contributed by atoms with Gasteiger partial charge in [-0.15, -0.1) is 0 Å². The molecule has 0 spiro atoms. The van der Waals surface area contributed by atoms with Crippen LogP contribution in [-0.4, -0.2) is 19.1 Å². The van der Waals surface area contributed by atoms with Crippen molar-refractivity contribution in [2.75, 3.05) is 0 Å². The molecule has 2 heterocycles. The van der Waals surface area contributed by atoms with E-state index in [0.717, 1.165) is 22.1 Å². The molecule has 0 unspecified atom stereocenters. The first-order chi connectivity index (χ1) is 8.36. The molecule has 0 radical (unpaired) electrons. The SMILES string of the molecule is Cc1nsc(C=Cc2cn(C)nc2C(C)(C)C)n1. The summed E-state index contributed by atoms with van der Waals surface area (Å²) in [7, 11) is 1.95. The lowest BCUT2D eigenvalue weighted by atomic mass is 9.89. The van der Waals surface area contributed by atoms with Gasteiger partial charge in [0, 0.05) is 24.2 Å². The van der Waals surface area contributed by atoms with E-state index in [1.807, 2.05) is 30.9 Å². The van der Waals surface area contributed by atoms with Crippen LogP contribution in [0, 0.1) is 6.92 Å². The molecule has 0 atom stereocenters. The van der Waals surface area contributed by atoms with Gasteiger partial charge < -0.3 is 0 Å². The monoisotopic (exact) mass is 262 g/mol. The van der Waals surface area contributed by atoms with Crippen LogP contribution < -0.4 is 0 Å². The van der Waals surface area contributed by atoms with Crippen LogP contribution in [0.15, 0.2) is 6.20 Å². The Morgan fingerprint density at radius 3 is 2.56 bits per heavy atom. The fraction of sp³-hybridized carbons (Fsp3) is 0.462. The van der Waals surface area contributed by atoms with Crippen molar-refractivity contribution in [3.8, 4) is 0 Å². The third-order valence-corrected chi connectivity index (χ3v) is 3.29. The molecule has 96 valence electrons. The average Bonchev–Trinajstić information content (AvgIpc) is 2.81. The molecule has 0 saturated heterocycles. The number of aromatic nitrogens is 4. The van der Waals surface area contributed by atoms with E-state index in [4.69, 9.17) is 0 Å². The van der Waals surface area contributed by atoms with E-state index >= 15 is 0 Å². The molecular weight excluding hydrogens is 244 g/mol. The van der Waals surface area contributed by atoms with E-state index in [9.17, 15) is 0 Å². The summed E-state index contributed by atoms with van der Waals surface area (Å²) < 4.78 is 6.02. The van der Waals surface area contributed by atoms with Gasteiger partial charge in [-0.05, 0) is 30.6 Å². The standard InChI is InChI=1S/C13H18N4S/c1-9-14-11(18-16-9)7-6-10-8-17(5)15-12(10)13(2,3)4/h6-8H,1-5H3. The van der Waals surface area contributed by atoms with Crippen LogP contribution in [0.5, 0.6) is 0 Å². The van der Waals surface area contributed by atoms with Gasteiger partial charge in [0.1, 0.15) is 10.8 Å². The number of aryl methyl sites for hydroxylation is 2. The normalized spacial score (nSPS) is 12.5. The summed E-state index contributed by atoms with van der Waals surface area (Å²) in [4.78, 5) is 4.32. The molecule has 0 saturated carbocycles. The molecule has 0 aromatic carbocycles. The lowest BCUT2D eigenvalue weighted by Gasteiger charge is -2.16. The van der Waals surface area contributed by atoms with E-state index in [0.29, 0.717) is 0 Å². The largest absolute Gasteiger partial charge is 0.275 e. The zero-order valence-electron chi connectivity index (χ0n) is 11.4. The summed E-state index contributed by atoms with van der Waals surface area (Å²) in [6, 6.07) is 0. The Morgan fingerprint density at radius 2 is 2.00 bits per heavy atom. The minimum atomic E-state index is 0.0397. The van der Waals surface area contributed by atoms with Gasteiger partial charge in [0.05, 0.1) is 5.69 Å². The molecule has 0 aliphatic heterocycles. The van der Waals surface area contributed by atoms with Crippen molar-refractivity contribution in [3.05, 3.63) is 28.3 Å². The third kappa shape index (κ3) is 2.85. The molecular formula is C13H18N4S. The summed E-state index contributed by atoms with van der Waals surface area (Å²) in [5.41, 5.74) is 2.28. The second-order valence-corrected chi connectivity index (χ2v) is 6.15. The highest BCUT2D eigenvalue weighted by atomic mass is 32.1. The van der Waals surface area contributed by atoms with Gasteiger partial charge in [0.2, 0.25) is 0 Å². The number of hydrogen-bond donors (Lipinski definition) is 0. The summed E-state index contributed by atoms with van der Waals surface area (Å²) >= 11 is 1.41. The van der Waals surface area contributed by atoms with E-state index in [1.54, 1.807) is 0 Å². The van der Waals surface area contributed by atoms with Gasteiger partial charge in [-0.3, -0.25) is 4.68 Å². The number of hydrogen-bond acceptors (Lipinski definition) is 4. The molecule has 0 aliphatic carbocycles. The maximum atomic E-state index is 4.53. The zero-order chi connectivity index (χ0) is 13.3. The minimum Gasteiger partial charge on any atom is -0.275 e. The molecule has 2 aromatic heterocycles. The van der Waals surface area contributed by atoms with Gasteiger partial charge >= 0.3 is 0 Å². The van der Waals surface area contributed by atoms with Crippen LogP contribution in [-0.2, 0) is 12.5 Å². The molecule has 5 heteroatoms. The Balaban J connectivity index is 2.32. The van der Waals surface area contributed by atoms with E-state index in [-0.39, 0.29) is 5.41 Å². The van der Waals surface area contributed by atoms with Crippen molar-refractivity contribution in [1.82, 2.24) is 19.1 Å². The second-order valence-electron chi connectivity index (χ2n) is 5.37. The van der Waals surface area contributed by atoms with Crippen LogP contribution in [0.4, 0.5) is 0 Å². The summed E-state index contributed by atoms with van der Waals surface area (Å²) in [6.07, 6.45) is 6.09. The van der Waals surface area contributed by atoms with Crippen LogP contribution >= 0.6 is 11.5 Å². The molecule has 0 aliphatic rings. The zero-order valence-corrected chi connectivity index (χ0v) is 12.2. The quantitative estimate of drug-likeness (QED) is 0.835. The highest BCUT2D eigenvalue weighted by Gasteiger charge is 2.20. The topological polar surface area (TPSA) is 43.6 Å². The van der Waals surface area contributed by atoms with E-state index in [1.165, 1.54) is 11.5 Å². The van der Waals surface area contributed by atoms with Crippen LogP contribution in [0.1, 0.15) is 42.9 Å². The van der Waals surface area contributed by atoms with Crippen LogP contribution in [0.25, 0.3) is 12.2 Å². The highest BCUT2D eigenvalue weighted by molar-refractivity contribution is 7.06. The Hall–Kier alpha value is -1.49.